The molecule has 2 heterocycles. The van der Waals surface area contributed by atoms with E-state index < -0.39 is 28.1 Å². The standard InChI is InChI=1S/C34H43N3O6/c1-31-12-9-26-27(34(31,42)15-11-25(31)22-16-30(40)43-19-22)10-14-33(41)17-23(38)8-13-32(26,33)20-36-37-29(39)7-6-21-18-35-28-5-3-2-4-24(21)28/h2-5,16,18,20,23,25-27,35,38,41-42H,6-15,17,19H2,1H3,(H,37,39)/b36-20-/t23-,25-,26+,27-,31-,32+,33+,34-/m1/s1. The van der Waals surface area contributed by atoms with Gasteiger partial charge in [0.1, 0.15) is 6.61 Å². The lowest BCUT2D eigenvalue weighted by molar-refractivity contribution is -0.237. The molecule has 1 aromatic heterocycles. The van der Waals surface area contributed by atoms with E-state index in [1.165, 1.54) is 0 Å². The molecule has 9 heteroatoms. The monoisotopic (exact) mass is 589 g/mol. The first-order valence-corrected chi connectivity index (χ1v) is 16.0. The van der Waals surface area contributed by atoms with Crippen molar-refractivity contribution in [1.29, 1.82) is 0 Å². The van der Waals surface area contributed by atoms with Crippen LogP contribution in [-0.4, -0.2) is 62.3 Å². The maximum atomic E-state index is 12.9. The summed E-state index contributed by atoms with van der Waals surface area (Å²) in [6.45, 7) is 2.47. The van der Waals surface area contributed by atoms with Gasteiger partial charge in [0.2, 0.25) is 5.91 Å². The number of carbonyl (C=O) groups is 2. The second-order valence-corrected chi connectivity index (χ2v) is 14.2. The fourth-order valence-electron chi connectivity index (χ4n) is 10.2. The topological polar surface area (TPSA) is 144 Å². The lowest BCUT2D eigenvalue weighted by Crippen LogP contribution is -2.68. The summed E-state index contributed by atoms with van der Waals surface area (Å²) in [5.41, 5.74) is 2.57. The van der Waals surface area contributed by atoms with Crippen molar-refractivity contribution < 1.29 is 29.6 Å². The molecule has 1 aliphatic heterocycles. The van der Waals surface area contributed by atoms with Gasteiger partial charge in [-0.1, -0.05) is 25.1 Å². The van der Waals surface area contributed by atoms with Gasteiger partial charge in [-0.05, 0) is 92.7 Å². The van der Waals surface area contributed by atoms with Gasteiger partial charge in [-0.2, -0.15) is 5.10 Å². The van der Waals surface area contributed by atoms with Crippen LogP contribution in [0.15, 0.2) is 47.2 Å². The zero-order valence-electron chi connectivity index (χ0n) is 24.8. The average molecular weight is 590 g/mol. The number of nitrogens with zero attached hydrogens (tertiary/aromatic N) is 1. The SMILES string of the molecule is C[C@]12CC[C@H]3[C@@H](CC[C@]4(O)C[C@H](O)CC[C@]34/C=N\NC(=O)CCc3c[nH]c4ccccc34)[C@]1(O)CC[C@@H]2C1=CC(=O)OC1. The molecule has 7 rings (SSSR count). The number of ether oxygens (including phenoxy) is 1. The number of aromatic nitrogens is 1. The Balaban J connectivity index is 1.12. The maximum absolute atomic E-state index is 12.9. The number of aromatic amines is 1. The molecule has 4 fully saturated rings. The van der Waals surface area contributed by atoms with Gasteiger partial charge in [-0.3, -0.25) is 4.79 Å². The molecule has 4 saturated carbocycles. The van der Waals surface area contributed by atoms with Gasteiger partial charge in [-0.15, -0.1) is 0 Å². The van der Waals surface area contributed by atoms with E-state index in [9.17, 15) is 24.9 Å². The van der Waals surface area contributed by atoms with Crippen molar-refractivity contribution >= 4 is 29.0 Å². The number of hydrogen-bond donors (Lipinski definition) is 5. The number of aliphatic hydroxyl groups excluding tert-OH is 1. The summed E-state index contributed by atoms with van der Waals surface area (Å²) < 4.78 is 5.25. The second-order valence-electron chi connectivity index (χ2n) is 14.2. The van der Waals surface area contributed by atoms with E-state index >= 15 is 0 Å². The number of carbonyl (C=O) groups excluding carboxylic acids is 2. The third-order valence-electron chi connectivity index (χ3n) is 12.4. The number of nitrogens with one attached hydrogen (secondary N) is 2. The molecule has 5 aliphatic rings. The Kier molecular flexibility index (Phi) is 6.87. The first-order valence-electron chi connectivity index (χ1n) is 16.0. The summed E-state index contributed by atoms with van der Waals surface area (Å²) >= 11 is 0. The number of cyclic esters (lactones) is 1. The molecule has 0 saturated heterocycles. The highest BCUT2D eigenvalue weighted by molar-refractivity contribution is 5.85. The number of aliphatic hydroxyl groups is 3. The Bertz CT molecular complexity index is 1500. The van der Waals surface area contributed by atoms with E-state index in [4.69, 9.17) is 4.74 Å². The first-order chi connectivity index (χ1) is 20.6. The number of esters is 1. The smallest absolute Gasteiger partial charge is 0.331 e. The molecular weight excluding hydrogens is 546 g/mol. The van der Waals surface area contributed by atoms with Crippen LogP contribution in [0, 0.1) is 28.6 Å². The van der Waals surface area contributed by atoms with Gasteiger partial charge in [0, 0.05) is 53.1 Å². The summed E-state index contributed by atoms with van der Waals surface area (Å²) in [6, 6.07) is 8.02. The zero-order valence-corrected chi connectivity index (χ0v) is 24.8. The number of fused-ring (bicyclic) bond motifs is 6. The maximum Gasteiger partial charge on any atom is 0.331 e. The molecule has 4 aliphatic carbocycles. The van der Waals surface area contributed by atoms with E-state index in [-0.39, 0.29) is 42.5 Å². The molecule has 8 atom stereocenters. The summed E-state index contributed by atoms with van der Waals surface area (Å²) in [7, 11) is 0. The number of rotatable bonds is 6. The van der Waals surface area contributed by atoms with Crippen LogP contribution < -0.4 is 5.43 Å². The second kappa shape index (κ2) is 10.3. The Morgan fingerprint density at radius 2 is 1.93 bits per heavy atom. The molecule has 0 bridgehead atoms. The zero-order chi connectivity index (χ0) is 30.0. The number of H-pyrrole nitrogens is 1. The third-order valence-corrected chi connectivity index (χ3v) is 12.4. The predicted molar refractivity (Wildman–Crippen MR) is 161 cm³/mol. The summed E-state index contributed by atoms with van der Waals surface area (Å²) in [6.07, 6.45) is 11.1. The minimum Gasteiger partial charge on any atom is -0.458 e. The highest BCUT2D eigenvalue weighted by atomic mass is 16.5. The van der Waals surface area contributed by atoms with Gasteiger partial charge in [0.05, 0.1) is 17.3 Å². The first kappa shape index (κ1) is 28.7. The van der Waals surface area contributed by atoms with Crippen LogP contribution in [0.5, 0.6) is 0 Å². The molecule has 1 aromatic carbocycles. The molecule has 1 amide bonds. The minimum absolute atomic E-state index is 0.0436. The van der Waals surface area contributed by atoms with E-state index in [1.54, 1.807) is 12.3 Å². The quantitative estimate of drug-likeness (QED) is 0.196. The molecule has 43 heavy (non-hydrogen) atoms. The van der Waals surface area contributed by atoms with Crippen LogP contribution in [0.3, 0.4) is 0 Å². The lowest BCUT2D eigenvalue weighted by atomic mass is 9.41. The summed E-state index contributed by atoms with van der Waals surface area (Å²) in [5, 5.41) is 40.9. The van der Waals surface area contributed by atoms with Gasteiger partial charge < -0.3 is 25.0 Å². The Hall–Kier alpha value is -3.01. The highest BCUT2D eigenvalue weighted by Crippen LogP contribution is 2.70. The molecular formula is C34H43N3O6. The molecule has 9 nitrogen and oxygen atoms in total. The van der Waals surface area contributed by atoms with E-state index in [0.29, 0.717) is 45.1 Å². The van der Waals surface area contributed by atoms with Crippen LogP contribution in [-0.2, 0) is 20.7 Å². The third kappa shape index (κ3) is 4.33. The van der Waals surface area contributed by atoms with Crippen molar-refractivity contribution in [2.45, 2.75) is 94.9 Å². The predicted octanol–water partition coefficient (Wildman–Crippen LogP) is 3.92. The van der Waals surface area contributed by atoms with Gasteiger partial charge in [0.15, 0.2) is 0 Å². The molecule has 0 spiro atoms. The fraction of sp³-hybridized carbons (Fsp3) is 0.618. The van der Waals surface area contributed by atoms with Crippen LogP contribution in [0.4, 0.5) is 0 Å². The van der Waals surface area contributed by atoms with Crippen LogP contribution >= 0.6 is 0 Å². The lowest BCUT2D eigenvalue weighted by Gasteiger charge is -2.65. The van der Waals surface area contributed by atoms with Gasteiger partial charge >= 0.3 is 5.97 Å². The molecule has 0 unspecified atom stereocenters. The number of benzene rings is 1. The number of para-hydroxylation sites is 1. The number of hydrogen-bond acceptors (Lipinski definition) is 7. The normalized spacial score (nSPS) is 40.6. The van der Waals surface area contributed by atoms with Gasteiger partial charge in [0.25, 0.3) is 0 Å². The molecule has 230 valence electrons. The van der Waals surface area contributed by atoms with Crippen molar-refractivity contribution in [2.75, 3.05) is 6.61 Å². The summed E-state index contributed by atoms with van der Waals surface area (Å²) in [4.78, 5) is 28.0. The van der Waals surface area contributed by atoms with Crippen LogP contribution in [0.1, 0.15) is 76.7 Å². The fourth-order valence-corrected chi connectivity index (χ4v) is 10.2. The Morgan fingerprint density at radius 3 is 2.74 bits per heavy atom. The van der Waals surface area contributed by atoms with Crippen molar-refractivity contribution in [3.8, 4) is 0 Å². The molecule has 0 radical (unpaired) electrons. The van der Waals surface area contributed by atoms with E-state index in [2.05, 4.69) is 22.4 Å². The average Bonchev–Trinajstić information content (AvgIpc) is 3.67. The van der Waals surface area contributed by atoms with Crippen LogP contribution in [0.2, 0.25) is 0 Å². The molecule has 5 N–H and O–H groups in total. The van der Waals surface area contributed by atoms with E-state index in [0.717, 1.165) is 41.3 Å². The van der Waals surface area contributed by atoms with Crippen molar-refractivity contribution in [3.05, 3.63) is 47.7 Å². The van der Waals surface area contributed by atoms with Crippen molar-refractivity contribution in [2.24, 2.45) is 33.7 Å². The minimum atomic E-state index is -1.17. The number of aryl methyl sites for hydroxylation is 1. The Labute approximate surface area is 251 Å². The number of hydrazone groups is 1. The van der Waals surface area contributed by atoms with Crippen LogP contribution in [0.25, 0.3) is 10.9 Å². The molecule has 2 aromatic rings. The number of amides is 1. The highest BCUT2D eigenvalue weighted by Gasteiger charge is 2.71. The van der Waals surface area contributed by atoms with Crippen molar-refractivity contribution in [1.82, 2.24) is 10.4 Å². The largest absolute Gasteiger partial charge is 0.458 e. The van der Waals surface area contributed by atoms with Crippen molar-refractivity contribution in [3.63, 3.8) is 0 Å². The van der Waals surface area contributed by atoms with Gasteiger partial charge in [-0.25, -0.2) is 10.2 Å². The summed E-state index contributed by atoms with van der Waals surface area (Å²) in [5.74, 6) is -0.517. The van der Waals surface area contributed by atoms with E-state index in [1.807, 2.05) is 30.5 Å². The Morgan fingerprint density at radius 1 is 1.12 bits per heavy atom.